The number of piperidine rings is 1. The maximum absolute atomic E-state index is 13.0. The zero-order valence-corrected chi connectivity index (χ0v) is 18.8. The fraction of sp³-hybridized carbons (Fsp3) is 0.609. The summed E-state index contributed by atoms with van der Waals surface area (Å²) in [5.74, 6) is -0.539. The first-order valence-electron chi connectivity index (χ1n) is 11.0. The molecule has 1 saturated heterocycles. The van der Waals surface area contributed by atoms with E-state index >= 15 is 0 Å². The first-order chi connectivity index (χ1) is 15.0. The van der Waals surface area contributed by atoms with Crippen LogP contribution in [0, 0.1) is 12.8 Å². The number of nitrogens with zero attached hydrogens (tertiary/aromatic N) is 2. The highest BCUT2D eigenvalue weighted by atomic mass is 19.4. The van der Waals surface area contributed by atoms with E-state index in [4.69, 9.17) is 4.74 Å². The summed E-state index contributed by atoms with van der Waals surface area (Å²) in [6.45, 7) is 6.17. The molecule has 1 aliphatic heterocycles. The molecule has 0 bridgehead atoms. The zero-order chi connectivity index (χ0) is 23.5. The minimum absolute atomic E-state index is 0.00848. The van der Waals surface area contributed by atoms with E-state index in [0.29, 0.717) is 17.8 Å². The third-order valence-electron chi connectivity index (χ3n) is 5.80. The molecule has 32 heavy (non-hydrogen) atoms. The lowest BCUT2D eigenvalue weighted by molar-refractivity contribution is -0.150. The summed E-state index contributed by atoms with van der Waals surface area (Å²) in [6, 6.07) is 7.39. The molecule has 1 atom stereocenters. The van der Waals surface area contributed by atoms with Gasteiger partial charge in [0.25, 0.3) is 0 Å². The van der Waals surface area contributed by atoms with Gasteiger partial charge < -0.3 is 24.6 Å². The highest BCUT2D eigenvalue weighted by Crippen LogP contribution is 2.31. The minimum atomic E-state index is -4.27. The van der Waals surface area contributed by atoms with Crippen molar-refractivity contribution in [1.29, 1.82) is 0 Å². The lowest BCUT2D eigenvalue weighted by Gasteiger charge is -2.34. The number of aliphatic hydroxyl groups is 1. The van der Waals surface area contributed by atoms with E-state index in [2.05, 4.69) is 10.2 Å². The number of carbonyl (C=O) groups excluding carboxylic acids is 1. The van der Waals surface area contributed by atoms with Crippen molar-refractivity contribution in [2.75, 3.05) is 31.6 Å². The van der Waals surface area contributed by atoms with Crippen molar-refractivity contribution in [3.8, 4) is 0 Å². The van der Waals surface area contributed by atoms with Gasteiger partial charge in [0.1, 0.15) is 19.3 Å². The van der Waals surface area contributed by atoms with Crippen LogP contribution in [0.1, 0.15) is 32.4 Å². The zero-order valence-electron chi connectivity index (χ0n) is 18.8. The number of rotatable bonds is 8. The van der Waals surface area contributed by atoms with Crippen LogP contribution in [0.15, 0.2) is 24.3 Å². The van der Waals surface area contributed by atoms with Crippen molar-refractivity contribution in [3.63, 3.8) is 0 Å². The van der Waals surface area contributed by atoms with Crippen LogP contribution in [-0.4, -0.2) is 65.1 Å². The first-order valence-corrected chi connectivity index (χ1v) is 11.0. The van der Waals surface area contributed by atoms with Crippen molar-refractivity contribution in [2.45, 2.75) is 58.5 Å². The molecule has 1 aromatic heterocycles. The number of aryl methyl sites for hydroxylation is 1. The molecular formula is C23H32F3N3O3. The van der Waals surface area contributed by atoms with Gasteiger partial charge in [-0.05, 0) is 38.0 Å². The number of anilines is 1. The van der Waals surface area contributed by atoms with E-state index in [9.17, 15) is 23.1 Å². The normalized spacial score (nSPS) is 17.1. The summed E-state index contributed by atoms with van der Waals surface area (Å²) in [4.78, 5) is 13.7. The predicted octanol–water partition coefficient (Wildman–Crippen LogP) is 3.95. The van der Waals surface area contributed by atoms with Gasteiger partial charge in [0, 0.05) is 42.4 Å². The topological polar surface area (TPSA) is 66.7 Å². The molecular weight excluding hydrogens is 423 g/mol. The van der Waals surface area contributed by atoms with Crippen LogP contribution in [0.2, 0.25) is 0 Å². The van der Waals surface area contributed by atoms with Crippen LogP contribution >= 0.6 is 0 Å². The summed E-state index contributed by atoms with van der Waals surface area (Å²) in [7, 11) is 0. The van der Waals surface area contributed by atoms with Gasteiger partial charge >= 0.3 is 12.1 Å². The molecule has 0 aliphatic carbocycles. The van der Waals surface area contributed by atoms with E-state index in [-0.39, 0.29) is 24.5 Å². The first kappa shape index (κ1) is 24.4. The molecule has 2 N–H and O–H groups in total. The quantitative estimate of drug-likeness (QED) is 0.590. The predicted molar refractivity (Wildman–Crippen MR) is 118 cm³/mol. The van der Waals surface area contributed by atoms with Gasteiger partial charge in [-0.25, -0.2) is 0 Å². The largest absolute Gasteiger partial charge is 0.463 e. The molecule has 178 valence electrons. The number of nitrogens with one attached hydrogen (secondary N) is 1. The Morgan fingerprint density at radius 3 is 2.59 bits per heavy atom. The van der Waals surface area contributed by atoms with Gasteiger partial charge in [0.15, 0.2) is 0 Å². The standard InChI is InChI=1S/C23H32F3N3O3/c1-15(2)22(31)32-13-18(30)12-28-9-7-17(8-10-28)27-20-5-4-6-21-19(20)11-16(3)29(21)14-23(24,25)26/h4-6,11,15,17-18,27,30H,7-10,12-14H2,1-3H3. The number of β-amino-alcohol motifs (C(OH)–C–C–N with tert-alkyl or cyclic N) is 1. The lowest BCUT2D eigenvalue weighted by atomic mass is 10.0. The summed E-state index contributed by atoms with van der Waals surface area (Å²) in [5.41, 5.74) is 1.99. The molecule has 1 fully saturated rings. The molecule has 3 rings (SSSR count). The highest BCUT2D eigenvalue weighted by Gasteiger charge is 2.29. The molecule has 6 nitrogen and oxygen atoms in total. The Bertz CT molecular complexity index is 918. The molecule has 2 heterocycles. The number of alkyl halides is 3. The third-order valence-corrected chi connectivity index (χ3v) is 5.80. The van der Waals surface area contributed by atoms with E-state index < -0.39 is 18.8 Å². The fourth-order valence-electron chi connectivity index (χ4n) is 4.11. The Balaban J connectivity index is 1.55. The number of hydrogen-bond acceptors (Lipinski definition) is 5. The number of esters is 1. The Morgan fingerprint density at radius 1 is 1.28 bits per heavy atom. The van der Waals surface area contributed by atoms with Crippen LogP contribution in [0.4, 0.5) is 18.9 Å². The van der Waals surface area contributed by atoms with Gasteiger partial charge in [-0.2, -0.15) is 13.2 Å². The van der Waals surface area contributed by atoms with Gasteiger partial charge in [-0.1, -0.05) is 19.9 Å². The second kappa shape index (κ2) is 10.1. The smallest absolute Gasteiger partial charge is 0.406 e. The summed E-state index contributed by atoms with van der Waals surface area (Å²) >= 11 is 0. The Morgan fingerprint density at radius 2 is 1.97 bits per heavy atom. The highest BCUT2D eigenvalue weighted by molar-refractivity contribution is 5.93. The SMILES string of the molecule is Cc1cc2c(NC3CCN(CC(O)COC(=O)C(C)C)CC3)cccc2n1CC(F)(F)F. The molecule has 0 amide bonds. The van der Waals surface area contributed by atoms with E-state index in [0.717, 1.165) is 37.0 Å². The van der Waals surface area contributed by atoms with Crippen molar-refractivity contribution >= 4 is 22.6 Å². The third kappa shape index (κ3) is 6.38. The molecule has 0 radical (unpaired) electrons. The summed E-state index contributed by atoms with van der Waals surface area (Å²) in [5, 5.41) is 14.4. The molecule has 0 saturated carbocycles. The van der Waals surface area contributed by atoms with E-state index in [1.807, 2.05) is 6.07 Å². The Kier molecular flexibility index (Phi) is 7.71. The van der Waals surface area contributed by atoms with Crippen molar-refractivity contribution in [2.24, 2.45) is 5.92 Å². The number of fused-ring (bicyclic) bond motifs is 1. The van der Waals surface area contributed by atoms with Crippen LogP contribution in [0.5, 0.6) is 0 Å². The second-order valence-electron chi connectivity index (χ2n) is 8.88. The number of benzene rings is 1. The number of carbonyl (C=O) groups is 1. The molecule has 1 unspecified atom stereocenters. The van der Waals surface area contributed by atoms with Crippen LogP contribution < -0.4 is 5.32 Å². The van der Waals surface area contributed by atoms with Gasteiger partial charge in [0.2, 0.25) is 0 Å². The number of hydrogen-bond donors (Lipinski definition) is 2. The maximum Gasteiger partial charge on any atom is 0.406 e. The molecule has 9 heteroatoms. The van der Waals surface area contributed by atoms with Crippen LogP contribution in [-0.2, 0) is 16.1 Å². The summed E-state index contributed by atoms with van der Waals surface area (Å²) < 4.78 is 45.3. The van der Waals surface area contributed by atoms with Crippen LogP contribution in [0.3, 0.4) is 0 Å². The molecule has 1 aliphatic rings. The number of halogens is 3. The Labute approximate surface area is 186 Å². The second-order valence-corrected chi connectivity index (χ2v) is 8.88. The summed E-state index contributed by atoms with van der Waals surface area (Å²) in [6.07, 6.45) is -3.31. The average Bonchev–Trinajstić information content (AvgIpc) is 3.02. The fourth-order valence-corrected chi connectivity index (χ4v) is 4.11. The van der Waals surface area contributed by atoms with Crippen molar-refractivity contribution in [1.82, 2.24) is 9.47 Å². The van der Waals surface area contributed by atoms with E-state index in [1.54, 1.807) is 39.0 Å². The van der Waals surface area contributed by atoms with E-state index in [1.165, 1.54) is 4.57 Å². The van der Waals surface area contributed by atoms with Gasteiger partial charge in [0.05, 0.1) is 11.4 Å². The number of likely N-dealkylation sites (tertiary alicyclic amines) is 1. The van der Waals surface area contributed by atoms with Gasteiger partial charge in [-0.15, -0.1) is 0 Å². The number of ether oxygens (including phenoxy) is 1. The van der Waals surface area contributed by atoms with Gasteiger partial charge in [-0.3, -0.25) is 4.79 Å². The minimum Gasteiger partial charge on any atom is -0.463 e. The van der Waals surface area contributed by atoms with Crippen molar-refractivity contribution < 1.29 is 27.8 Å². The lowest BCUT2D eigenvalue weighted by Crippen LogP contribution is -2.43. The van der Waals surface area contributed by atoms with Crippen LogP contribution in [0.25, 0.3) is 10.9 Å². The van der Waals surface area contributed by atoms with Crippen molar-refractivity contribution in [3.05, 3.63) is 30.0 Å². The molecule has 1 aromatic carbocycles. The molecule has 2 aromatic rings. The monoisotopic (exact) mass is 455 g/mol. The Hall–Kier alpha value is -2.26. The number of aliphatic hydroxyl groups excluding tert-OH is 1. The average molecular weight is 456 g/mol. The number of aromatic nitrogens is 1. The maximum atomic E-state index is 13.0. The molecule has 0 spiro atoms.